The molecular formula is C15H12N2O2. The first-order valence-corrected chi connectivity index (χ1v) is 5.70. The van der Waals surface area contributed by atoms with Crippen LogP contribution in [-0.4, -0.2) is 21.0 Å². The average molecular weight is 252 g/mol. The molecule has 2 aromatic heterocycles. The Morgan fingerprint density at radius 2 is 1.79 bits per heavy atom. The first-order valence-electron chi connectivity index (χ1n) is 5.70. The highest BCUT2D eigenvalue weighted by Gasteiger charge is 1.92. The maximum Gasteiger partial charge on any atom is 0.328 e. The Hall–Kier alpha value is -2.75. The SMILES string of the molecule is O=C(O)/C=C/c1ccc(/C=C/c2ccccn2)nc1. The summed E-state index contributed by atoms with van der Waals surface area (Å²) in [7, 11) is 0. The van der Waals surface area contributed by atoms with Crippen LogP contribution in [0, 0.1) is 0 Å². The molecule has 0 unspecified atom stereocenters. The van der Waals surface area contributed by atoms with Gasteiger partial charge in [-0.25, -0.2) is 4.79 Å². The molecule has 0 atom stereocenters. The van der Waals surface area contributed by atoms with Crippen LogP contribution in [0.1, 0.15) is 17.0 Å². The number of carboxylic acid groups (broad SMARTS) is 1. The molecule has 2 aromatic rings. The molecule has 19 heavy (non-hydrogen) atoms. The van der Waals surface area contributed by atoms with E-state index in [1.165, 1.54) is 6.08 Å². The van der Waals surface area contributed by atoms with Crippen molar-refractivity contribution in [1.82, 2.24) is 9.97 Å². The third kappa shape index (κ3) is 4.20. The second kappa shape index (κ2) is 6.26. The fourth-order valence-electron chi connectivity index (χ4n) is 1.43. The number of aromatic nitrogens is 2. The highest BCUT2D eigenvalue weighted by Crippen LogP contribution is 2.06. The normalized spacial score (nSPS) is 11.2. The molecule has 0 saturated carbocycles. The smallest absolute Gasteiger partial charge is 0.328 e. The summed E-state index contributed by atoms with van der Waals surface area (Å²) in [5.74, 6) is -0.973. The van der Waals surface area contributed by atoms with Crippen LogP contribution in [-0.2, 0) is 4.79 Å². The molecule has 0 aromatic carbocycles. The number of hydrogen-bond acceptors (Lipinski definition) is 3. The average Bonchev–Trinajstić information content (AvgIpc) is 2.45. The van der Waals surface area contributed by atoms with Crippen molar-refractivity contribution in [2.45, 2.75) is 0 Å². The predicted molar refractivity (Wildman–Crippen MR) is 74.1 cm³/mol. The molecule has 0 radical (unpaired) electrons. The van der Waals surface area contributed by atoms with Gasteiger partial charge >= 0.3 is 5.97 Å². The van der Waals surface area contributed by atoms with Gasteiger partial charge in [-0.2, -0.15) is 0 Å². The van der Waals surface area contributed by atoms with Gasteiger partial charge in [0, 0.05) is 18.5 Å². The third-order valence-corrected chi connectivity index (χ3v) is 2.34. The maximum atomic E-state index is 10.4. The molecule has 2 heterocycles. The van der Waals surface area contributed by atoms with E-state index in [1.807, 2.05) is 42.5 Å². The summed E-state index contributed by atoms with van der Waals surface area (Å²) in [5, 5.41) is 8.51. The van der Waals surface area contributed by atoms with Gasteiger partial charge in [0.1, 0.15) is 0 Å². The van der Waals surface area contributed by atoms with Gasteiger partial charge in [0.25, 0.3) is 0 Å². The first kappa shape index (κ1) is 12.7. The summed E-state index contributed by atoms with van der Waals surface area (Å²) in [4.78, 5) is 18.8. The number of nitrogens with zero attached hydrogens (tertiary/aromatic N) is 2. The largest absolute Gasteiger partial charge is 0.478 e. The van der Waals surface area contributed by atoms with Gasteiger partial charge < -0.3 is 5.11 Å². The van der Waals surface area contributed by atoms with Gasteiger partial charge in [0.15, 0.2) is 0 Å². The molecule has 4 nitrogen and oxygen atoms in total. The van der Waals surface area contributed by atoms with Crippen LogP contribution < -0.4 is 0 Å². The fraction of sp³-hybridized carbons (Fsp3) is 0. The van der Waals surface area contributed by atoms with Crippen molar-refractivity contribution in [2.75, 3.05) is 0 Å². The van der Waals surface area contributed by atoms with Crippen molar-refractivity contribution in [3.63, 3.8) is 0 Å². The van der Waals surface area contributed by atoms with Crippen LogP contribution in [0.4, 0.5) is 0 Å². The number of carboxylic acids is 1. The lowest BCUT2D eigenvalue weighted by molar-refractivity contribution is -0.131. The monoisotopic (exact) mass is 252 g/mol. The van der Waals surface area contributed by atoms with E-state index in [4.69, 9.17) is 5.11 Å². The lowest BCUT2D eigenvalue weighted by Crippen LogP contribution is -1.86. The predicted octanol–water partition coefficient (Wildman–Crippen LogP) is 2.74. The summed E-state index contributed by atoms with van der Waals surface area (Å²) in [5.41, 5.74) is 2.40. The van der Waals surface area contributed by atoms with Crippen LogP contribution in [0.5, 0.6) is 0 Å². The summed E-state index contributed by atoms with van der Waals surface area (Å²) in [6.07, 6.45) is 9.66. The minimum atomic E-state index is -0.973. The van der Waals surface area contributed by atoms with E-state index >= 15 is 0 Å². The van der Waals surface area contributed by atoms with Gasteiger partial charge in [0.05, 0.1) is 11.4 Å². The van der Waals surface area contributed by atoms with E-state index in [1.54, 1.807) is 12.4 Å². The molecule has 94 valence electrons. The van der Waals surface area contributed by atoms with E-state index in [2.05, 4.69) is 9.97 Å². The molecule has 0 bridgehead atoms. The van der Waals surface area contributed by atoms with Crippen molar-refractivity contribution in [3.8, 4) is 0 Å². The quantitative estimate of drug-likeness (QED) is 0.850. The zero-order valence-electron chi connectivity index (χ0n) is 10.1. The molecule has 4 heteroatoms. The van der Waals surface area contributed by atoms with Gasteiger partial charge in [-0.05, 0) is 42.0 Å². The van der Waals surface area contributed by atoms with Gasteiger partial charge in [0.2, 0.25) is 0 Å². The number of pyridine rings is 2. The molecule has 0 amide bonds. The Kier molecular flexibility index (Phi) is 4.18. The van der Waals surface area contributed by atoms with Gasteiger partial charge in [-0.15, -0.1) is 0 Å². The van der Waals surface area contributed by atoms with Gasteiger partial charge in [-0.3, -0.25) is 9.97 Å². The van der Waals surface area contributed by atoms with E-state index in [0.717, 1.165) is 23.0 Å². The standard InChI is InChI=1S/C15H12N2O2/c18-15(19)9-5-12-4-6-14(17-11-12)8-7-13-3-1-2-10-16-13/h1-11H,(H,18,19)/b8-7+,9-5+. The second-order valence-electron chi connectivity index (χ2n) is 3.78. The molecule has 0 spiro atoms. The number of carbonyl (C=O) groups is 1. The molecule has 1 N–H and O–H groups in total. The lowest BCUT2D eigenvalue weighted by Gasteiger charge is -1.95. The summed E-state index contributed by atoms with van der Waals surface area (Å²) in [6, 6.07) is 9.31. The molecule has 0 aliphatic carbocycles. The van der Waals surface area contributed by atoms with E-state index in [-0.39, 0.29) is 0 Å². The topological polar surface area (TPSA) is 63.1 Å². The Bertz CT molecular complexity index is 602. The molecule has 0 aliphatic heterocycles. The Labute approximate surface area is 110 Å². The van der Waals surface area contributed by atoms with Gasteiger partial charge in [-0.1, -0.05) is 12.1 Å². The van der Waals surface area contributed by atoms with Crippen molar-refractivity contribution in [2.24, 2.45) is 0 Å². The van der Waals surface area contributed by atoms with Crippen LogP contribution in [0.2, 0.25) is 0 Å². The van der Waals surface area contributed by atoms with Crippen molar-refractivity contribution < 1.29 is 9.90 Å². The second-order valence-corrected chi connectivity index (χ2v) is 3.78. The zero-order chi connectivity index (χ0) is 13.5. The summed E-state index contributed by atoms with van der Waals surface area (Å²) >= 11 is 0. The molecule has 0 saturated heterocycles. The number of hydrogen-bond donors (Lipinski definition) is 1. The van der Waals surface area contributed by atoms with E-state index in [0.29, 0.717) is 0 Å². The summed E-state index contributed by atoms with van der Waals surface area (Å²) in [6.45, 7) is 0. The van der Waals surface area contributed by atoms with Crippen LogP contribution in [0.25, 0.3) is 18.2 Å². The molecular weight excluding hydrogens is 240 g/mol. The lowest BCUT2D eigenvalue weighted by atomic mass is 10.2. The number of aliphatic carboxylic acids is 1. The van der Waals surface area contributed by atoms with Crippen molar-refractivity contribution >= 4 is 24.2 Å². The van der Waals surface area contributed by atoms with Crippen LogP contribution >= 0.6 is 0 Å². The maximum absolute atomic E-state index is 10.4. The molecule has 0 aliphatic rings. The third-order valence-electron chi connectivity index (χ3n) is 2.34. The Morgan fingerprint density at radius 3 is 2.37 bits per heavy atom. The molecule has 2 rings (SSSR count). The minimum Gasteiger partial charge on any atom is -0.478 e. The minimum absolute atomic E-state index is 0.748. The van der Waals surface area contributed by atoms with E-state index in [9.17, 15) is 4.79 Å². The highest BCUT2D eigenvalue weighted by molar-refractivity contribution is 5.85. The Balaban J connectivity index is 2.07. The fourth-order valence-corrected chi connectivity index (χ4v) is 1.43. The van der Waals surface area contributed by atoms with Crippen molar-refractivity contribution in [3.05, 3.63) is 65.8 Å². The van der Waals surface area contributed by atoms with E-state index < -0.39 is 5.97 Å². The first-order chi connectivity index (χ1) is 9.24. The van der Waals surface area contributed by atoms with Crippen LogP contribution in [0.15, 0.2) is 48.8 Å². The number of rotatable bonds is 4. The summed E-state index contributed by atoms with van der Waals surface area (Å²) < 4.78 is 0. The Morgan fingerprint density at radius 1 is 1.00 bits per heavy atom. The molecule has 0 fully saturated rings. The van der Waals surface area contributed by atoms with Crippen LogP contribution in [0.3, 0.4) is 0 Å². The zero-order valence-corrected chi connectivity index (χ0v) is 10.1. The van der Waals surface area contributed by atoms with Crippen molar-refractivity contribution in [1.29, 1.82) is 0 Å². The highest BCUT2D eigenvalue weighted by atomic mass is 16.4.